The van der Waals surface area contributed by atoms with Crippen molar-refractivity contribution in [2.24, 2.45) is 0 Å². The van der Waals surface area contributed by atoms with Crippen molar-refractivity contribution in [1.29, 1.82) is 0 Å². The molecule has 10 nitrogen and oxygen atoms in total. The van der Waals surface area contributed by atoms with Crippen LogP contribution in [0.3, 0.4) is 0 Å². The Kier molecular flexibility index (Phi) is 7.51. The van der Waals surface area contributed by atoms with Crippen molar-refractivity contribution in [3.8, 4) is 0 Å². The van der Waals surface area contributed by atoms with Gasteiger partial charge in [-0.3, -0.25) is 19.7 Å². The van der Waals surface area contributed by atoms with Crippen molar-refractivity contribution in [2.75, 3.05) is 39.0 Å². The van der Waals surface area contributed by atoms with Gasteiger partial charge in [0, 0.05) is 32.3 Å². The van der Waals surface area contributed by atoms with Gasteiger partial charge in [0.1, 0.15) is 0 Å². The lowest BCUT2D eigenvalue weighted by molar-refractivity contribution is -0.384. The molecule has 0 spiro atoms. The van der Waals surface area contributed by atoms with Gasteiger partial charge in [-0.25, -0.2) is 4.79 Å². The Morgan fingerprint density at radius 3 is 2.31 bits per heavy atom. The van der Waals surface area contributed by atoms with Crippen LogP contribution in [0.2, 0.25) is 0 Å². The van der Waals surface area contributed by atoms with E-state index in [1.54, 1.807) is 4.90 Å². The zero-order valence-electron chi connectivity index (χ0n) is 14.9. The van der Waals surface area contributed by atoms with E-state index in [0.29, 0.717) is 13.1 Å². The molecule has 1 aromatic carbocycles. The van der Waals surface area contributed by atoms with E-state index >= 15 is 0 Å². The number of ether oxygens (including phenoxy) is 1. The topological polar surface area (TPSA) is 136 Å². The van der Waals surface area contributed by atoms with Crippen LogP contribution in [0, 0.1) is 10.1 Å². The molecule has 26 heavy (non-hydrogen) atoms. The molecule has 0 radical (unpaired) electrons. The fraction of sp³-hybridized carbons (Fsp3) is 0.438. The minimum atomic E-state index is -0.880. The Morgan fingerprint density at radius 1 is 1.19 bits per heavy atom. The number of nitrogens with zero attached hydrogens (tertiary/aromatic N) is 3. The van der Waals surface area contributed by atoms with Crippen molar-refractivity contribution in [2.45, 2.75) is 13.8 Å². The molecule has 0 bridgehead atoms. The molecule has 2 N–H and O–H groups in total. The van der Waals surface area contributed by atoms with Crippen molar-refractivity contribution < 1.29 is 24.0 Å². The van der Waals surface area contributed by atoms with Crippen LogP contribution in [-0.2, 0) is 14.3 Å². The summed E-state index contributed by atoms with van der Waals surface area (Å²) in [5, 5.41) is 10.7. The first-order valence-electron chi connectivity index (χ1n) is 7.94. The van der Waals surface area contributed by atoms with E-state index in [1.165, 1.54) is 7.05 Å². The monoisotopic (exact) mass is 366 g/mol. The maximum Gasteiger partial charge on any atom is 0.340 e. The number of nitrogen functional groups attached to an aromatic ring is 1. The first kappa shape index (κ1) is 20.9. The average Bonchev–Trinajstić information content (AvgIpc) is 2.60. The van der Waals surface area contributed by atoms with E-state index in [9.17, 15) is 24.5 Å². The lowest BCUT2D eigenvalue weighted by atomic mass is 10.1. The Morgan fingerprint density at radius 2 is 1.81 bits per heavy atom. The van der Waals surface area contributed by atoms with Crippen LogP contribution in [0.25, 0.3) is 0 Å². The molecule has 1 rings (SSSR count). The van der Waals surface area contributed by atoms with Crippen molar-refractivity contribution in [3.63, 3.8) is 0 Å². The van der Waals surface area contributed by atoms with Gasteiger partial charge in [-0.1, -0.05) is 0 Å². The lowest BCUT2D eigenvalue weighted by Gasteiger charge is -2.23. The molecular weight excluding hydrogens is 344 g/mol. The summed E-state index contributed by atoms with van der Waals surface area (Å²) in [6, 6.07) is 3.31. The number of carbonyl (C=O) groups is 3. The molecule has 0 aliphatic carbocycles. The SMILES string of the molecule is CCN(CC)C(=O)CN(C)C(=O)COC(=O)c1ccc([N+](=O)[O-])cc1N. The maximum atomic E-state index is 12.0. The molecule has 0 atom stereocenters. The summed E-state index contributed by atoms with van der Waals surface area (Å²) in [6.45, 7) is 4.03. The summed E-state index contributed by atoms with van der Waals surface area (Å²) in [6.07, 6.45) is 0. The first-order valence-corrected chi connectivity index (χ1v) is 7.94. The predicted octanol–water partition coefficient (Wildman–Crippen LogP) is 0.661. The van der Waals surface area contributed by atoms with Gasteiger partial charge in [0.2, 0.25) is 5.91 Å². The summed E-state index contributed by atoms with van der Waals surface area (Å²) in [7, 11) is 1.43. The quantitative estimate of drug-likeness (QED) is 0.309. The standard InChI is InChI=1S/C16H22N4O6/c1-4-19(5-2)14(21)9-18(3)15(22)10-26-16(23)12-7-6-11(20(24)25)8-13(12)17/h6-8H,4-5,9-10,17H2,1-3H3. The van der Waals surface area contributed by atoms with Crippen LogP contribution in [-0.4, -0.2) is 65.8 Å². The first-order chi connectivity index (χ1) is 12.2. The van der Waals surface area contributed by atoms with E-state index in [1.807, 2.05) is 13.8 Å². The molecule has 0 aliphatic rings. The summed E-state index contributed by atoms with van der Waals surface area (Å²) < 4.78 is 4.88. The van der Waals surface area contributed by atoms with Crippen LogP contribution in [0.15, 0.2) is 18.2 Å². The number of benzene rings is 1. The van der Waals surface area contributed by atoms with E-state index in [4.69, 9.17) is 10.5 Å². The number of amides is 2. The molecular formula is C16H22N4O6. The second kappa shape index (κ2) is 9.35. The highest BCUT2D eigenvalue weighted by molar-refractivity contribution is 5.96. The number of likely N-dealkylation sites (N-methyl/N-ethyl adjacent to an activating group) is 2. The number of rotatable bonds is 8. The van der Waals surface area contributed by atoms with Gasteiger partial charge >= 0.3 is 5.97 Å². The second-order valence-electron chi connectivity index (χ2n) is 5.42. The minimum absolute atomic E-state index is 0.0785. The number of hydrogen-bond donors (Lipinski definition) is 1. The number of nitrogens with two attached hydrogens (primary N) is 1. The van der Waals surface area contributed by atoms with Gasteiger partial charge in [-0.05, 0) is 19.9 Å². The fourth-order valence-electron chi connectivity index (χ4n) is 2.13. The van der Waals surface area contributed by atoms with Gasteiger partial charge in [0.15, 0.2) is 6.61 Å². The number of hydrogen-bond acceptors (Lipinski definition) is 7. The Balaban J connectivity index is 2.62. The van der Waals surface area contributed by atoms with Crippen molar-refractivity contribution in [1.82, 2.24) is 9.80 Å². The van der Waals surface area contributed by atoms with Gasteiger partial charge in [0.05, 0.1) is 22.7 Å². The third-order valence-corrected chi connectivity index (χ3v) is 3.71. The number of carbonyl (C=O) groups excluding carboxylic acids is 3. The van der Waals surface area contributed by atoms with Crippen molar-refractivity contribution >= 4 is 29.2 Å². The van der Waals surface area contributed by atoms with Crippen LogP contribution in [0.5, 0.6) is 0 Å². The maximum absolute atomic E-state index is 12.0. The summed E-state index contributed by atoms with van der Waals surface area (Å²) in [5.74, 6) is -1.65. The average molecular weight is 366 g/mol. The largest absolute Gasteiger partial charge is 0.452 e. The van der Waals surface area contributed by atoms with E-state index in [2.05, 4.69) is 0 Å². The second-order valence-corrected chi connectivity index (χ2v) is 5.42. The summed E-state index contributed by atoms with van der Waals surface area (Å²) in [4.78, 5) is 48.7. The van der Waals surface area contributed by atoms with Crippen LogP contribution in [0.1, 0.15) is 24.2 Å². The smallest absolute Gasteiger partial charge is 0.340 e. The number of nitro groups is 1. The van der Waals surface area contributed by atoms with Gasteiger partial charge in [0.25, 0.3) is 11.6 Å². The zero-order chi connectivity index (χ0) is 19.9. The number of nitro benzene ring substituents is 1. The molecule has 1 aromatic rings. The molecule has 0 heterocycles. The molecule has 10 heteroatoms. The molecule has 142 valence electrons. The predicted molar refractivity (Wildman–Crippen MR) is 93.4 cm³/mol. The lowest BCUT2D eigenvalue weighted by Crippen LogP contribution is -2.42. The third-order valence-electron chi connectivity index (χ3n) is 3.71. The molecule has 0 saturated carbocycles. The van der Waals surface area contributed by atoms with Crippen LogP contribution >= 0.6 is 0 Å². The third kappa shape index (κ3) is 5.43. The van der Waals surface area contributed by atoms with E-state index < -0.39 is 23.4 Å². The molecule has 0 unspecified atom stereocenters. The molecule has 0 aromatic heterocycles. The number of non-ortho nitro benzene ring substituents is 1. The van der Waals surface area contributed by atoms with Gasteiger partial charge in [-0.15, -0.1) is 0 Å². The molecule has 0 aliphatic heterocycles. The zero-order valence-corrected chi connectivity index (χ0v) is 14.9. The highest BCUT2D eigenvalue weighted by Gasteiger charge is 2.20. The van der Waals surface area contributed by atoms with Gasteiger partial charge in [-0.2, -0.15) is 0 Å². The Labute approximate surface area is 150 Å². The minimum Gasteiger partial charge on any atom is -0.452 e. The van der Waals surface area contributed by atoms with E-state index in [-0.39, 0.29) is 29.4 Å². The number of anilines is 1. The highest BCUT2D eigenvalue weighted by Crippen LogP contribution is 2.20. The Hall–Kier alpha value is -3.17. The molecule has 0 fully saturated rings. The van der Waals surface area contributed by atoms with Crippen molar-refractivity contribution in [3.05, 3.63) is 33.9 Å². The molecule has 2 amide bonds. The van der Waals surface area contributed by atoms with Crippen LogP contribution in [0.4, 0.5) is 11.4 Å². The molecule has 0 saturated heterocycles. The summed E-state index contributed by atoms with van der Waals surface area (Å²) >= 11 is 0. The van der Waals surface area contributed by atoms with E-state index in [0.717, 1.165) is 23.1 Å². The normalized spacial score (nSPS) is 10.1. The number of esters is 1. The van der Waals surface area contributed by atoms with Crippen LogP contribution < -0.4 is 5.73 Å². The Bertz CT molecular complexity index is 702. The summed E-state index contributed by atoms with van der Waals surface area (Å²) in [5.41, 5.74) is 5.14. The van der Waals surface area contributed by atoms with Gasteiger partial charge < -0.3 is 20.3 Å². The fourth-order valence-corrected chi connectivity index (χ4v) is 2.13. The highest BCUT2D eigenvalue weighted by atomic mass is 16.6.